The fourth-order valence-corrected chi connectivity index (χ4v) is 8.94. The number of benzene rings is 2. The van der Waals surface area contributed by atoms with Gasteiger partial charge in [-0.2, -0.15) is 0 Å². The van der Waals surface area contributed by atoms with Crippen molar-refractivity contribution in [1.82, 2.24) is 14.8 Å². The summed E-state index contributed by atoms with van der Waals surface area (Å²) in [4.78, 5) is 36.8. The number of aliphatic hydroxyl groups is 2. The number of hydrogen-bond donors (Lipinski definition) is 3. The monoisotopic (exact) mass is 805 g/mol. The summed E-state index contributed by atoms with van der Waals surface area (Å²) in [5.41, 5.74) is 5.38. The van der Waals surface area contributed by atoms with Crippen molar-refractivity contribution >= 4 is 46.1 Å². The summed E-state index contributed by atoms with van der Waals surface area (Å²) in [5.74, 6) is -1.71. The highest BCUT2D eigenvalue weighted by Gasteiger charge is 2.56. The van der Waals surface area contributed by atoms with Crippen molar-refractivity contribution < 1.29 is 29.6 Å². The normalized spacial score (nSPS) is 22.5. The van der Waals surface area contributed by atoms with Crippen LogP contribution >= 0.6 is 22.6 Å². The molecule has 2 saturated heterocycles. The molecule has 4 atom stereocenters. The Kier molecular flexibility index (Phi) is 12.0. The molecule has 0 unspecified atom stereocenters. The molecule has 0 radical (unpaired) electrons. The van der Waals surface area contributed by atoms with Gasteiger partial charge in [0.15, 0.2) is 11.5 Å². The Hall–Kier alpha value is -3.58. The SMILES string of the molecule is COc1cc(/C=C(/CC[C@@H](O)C2=C(C(C)C)C[C@H]3C(=O)N(C4CCN(Cc5ccccc5)CC4)C(=O)[C@H]3[C@H]2CO)c2ccccn2)cc(I)c1O. The molecule has 0 bridgehead atoms. The van der Waals surface area contributed by atoms with E-state index in [2.05, 4.69) is 58.5 Å². The molecule has 2 aliphatic heterocycles. The van der Waals surface area contributed by atoms with E-state index in [0.29, 0.717) is 34.2 Å². The van der Waals surface area contributed by atoms with Crippen LogP contribution in [0, 0.1) is 27.2 Å². The number of carbonyl (C=O) groups is 2. The molecule has 2 amide bonds. The van der Waals surface area contributed by atoms with E-state index >= 15 is 0 Å². The van der Waals surface area contributed by atoms with E-state index in [1.165, 1.54) is 17.6 Å². The molecule has 3 heterocycles. The minimum absolute atomic E-state index is 0.0279. The van der Waals surface area contributed by atoms with Gasteiger partial charge in [0.2, 0.25) is 11.8 Å². The minimum atomic E-state index is -0.930. The first-order valence-electron chi connectivity index (χ1n) is 17.9. The fraction of sp³-hybridized carbons (Fsp3) is 0.439. The van der Waals surface area contributed by atoms with Gasteiger partial charge in [0.1, 0.15) is 0 Å². The summed E-state index contributed by atoms with van der Waals surface area (Å²) < 4.78 is 6.03. The number of fused-ring (bicyclic) bond motifs is 1. The van der Waals surface area contributed by atoms with E-state index in [-0.39, 0.29) is 36.1 Å². The number of methoxy groups -OCH3 is 1. The van der Waals surface area contributed by atoms with Crippen LogP contribution in [0.5, 0.6) is 11.5 Å². The number of ether oxygens (including phenoxy) is 1. The van der Waals surface area contributed by atoms with Gasteiger partial charge in [0.05, 0.1) is 40.9 Å². The molecule has 270 valence electrons. The van der Waals surface area contributed by atoms with Crippen LogP contribution in [0.1, 0.15) is 62.8 Å². The van der Waals surface area contributed by atoms with E-state index in [9.17, 15) is 24.9 Å². The van der Waals surface area contributed by atoms with E-state index in [1.807, 2.05) is 48.5 Å². The third-order valence-corrected chi connectivity index (χ3v) is 11.7. The molecule has 1 aliphatic carbocycles. The number of phenolic OH excluding ortho intramolecular Hbond substituents is 1. The zero-order valence-electron chi connectivity index (χ0n) is 29.5. The first kappa shape index (κ1) is 37.2. The molecule has 3 aromatic rings. The number of aromatic nitrogens is 1. The molecule has 6 rings (SSSR count). The maximum absolute atomic E-state index is 14.2. The van der Waals surface area contributed by atoms with E-state index in [0.717, 1.165) is 54.9 Å². The van der Waals surface area contributed by atoms with Crippen molar-refractivity contribution in [2.24, 2.45) is 23.7 Å². The number of hydrogen-bond acceptors (Lipinski definition) is 8. The van der Waals surface area contributed by atoms with Gasteiger partial charge in [-0.3, -0.25) is 24.4 Å². The lowest BCUT2D eigenvalue weighted by Crippen LogP contribution is -2.47. The maximum atomic E-state index is 14.2. The number of amides is 2. The fourth-order valence-electron chi connectivity index (χ4n) is 8.31. The van der Waals surface area contributed by atoms with Crippen LogP contribution in [-0.4, -0.2) is 80.9 Å². The lowest BCUT2D eigenvalue weighted by molar-refractivity contribution is -0.144. The number of aromatic hydroxyl groups is 1. The van der Waals surface area contributed by atoms with Crippen LogP contribution in [0.4, 0.5) is 0 Å². The molecule has 2 fully saturated rings. The average molecular weight is 806 g/mol. The smallest absolute Gasteiger partial charge is 0.234 e. The third-order valence-electron chi connectivity index (χ3n) is 10.9. The van der Waals surface area contributed by atoms with Crippen molar-refractivity contribution in [3.63, 3.8) is 0 Å². The number of nitrogens with zero attached hydrogens (tertiary/aromatic N) is 3. The van der Waals surface area contributed by atoms with Gasteiger partial charge in [0.25, 0.3) is 0 Å². The van der Waals surface area contributed by atoms with Crippen LogP contribution in [0.2, 0.25) is 0 Å². The molecule has 3 aliphatic rings. The van der Waals surface area contributed by atoms with Crippen molar-refractivity contribution in [2.75, 3.05) is 26.8 Å². The van der Waals surface area contributed by atoms with Crippen molar-refractivity contribution in [2.45, 2.75) is 64.6 Å². The zero-order valence-corrected chi connectivity index (χ0v) is 31.7. The number of allylic oxidation sites excluding steroid dienone is 2. The highest BCUT2D eigenvalue weighted by Crippen LogP contribution is 2.49. The van der Waals surface area contributed by atoms with Crippen LogP contribution in [0.25, 0.3) is 11.6 Å². The van der Waals surface area contributed by atoms with Crippen molar-refractivity contribution in [1.29, 1.82) is 0 Å². The Morgan fingerprint density at radius 2 is 1.78 bits per heavy atom. The first-order valence-corrected chi connectivity index (χ1v) is 19.0. The second-order valence-electron chi connectivity index (χ2n) is 14.3. The second kappa shape index (κ2) is 16.4. The van der Waals surface area contributed by atoms with Gasteiger partial charge in [-0.1, -0.05) is 55.8 Å². The lowest BCUT2D eigenvalue weighted by atomic mass is 9.66. The molecule has 0 spiro atoms. The van der Waals surface area contributed by atoms with E-state index in [4.69, 9.17) is 4.74 Å². The minimum Gasteiger partial charge on any atom is -0.504 e. The van der Waals surface area contributed by atoms with Gasteiger partial charge in [0, 0.05) is 37.8 Å². The van der Waals surface area contributed by atoms with Gasteiger partial charge in [-0.25, -0.2) is 0 Å². The van der Waals surface area contributed by atoms with Crippen LogP contribution < -0.4 is 4.74 Å². The lowest BCUT2D eigenvalue weighted by Gasteiger charge is -2.38. The van der Waals surface area contributed by atoms with E-state index in [1.54, 1.807) is 12.3 Å². The second-order valence-corrected chi connectivity index (χ2v) is 15.5. The topological polar surface area (TPSA) is 123 Å². The molecule has 51 heavy (non-hydrogen) atoms. The Bertz CT molecular complexity index is 1770. The van der Waals surface area contributed by atoms with Crippen LogP contribution in [0.15, 0.2) is 78.0 Å². The first-order chi connectivity index (χ1) is 24.6. The number of likely N-dealkylation sites (tertiary alicyclic amines) is 2. The molecular formula is C41H48IN3O6. The summed E-state index contributed by atoms with van der Waals surface area (Å²) in [6, 6.07) is 19.5. The third kappa shape index (κ3) is 7.94. The maximum Gasteiger partial charge on any atom is 0.234 e. The van der Waals surface area contributed by atoms with Crippen molar-refractivity contribution in [3.8, 4) is 11.5 Å². The van der Waals surface area contributed by atoms with Crippen molar-refractivity contribution in [3.05, 3.63) is 98.4 Å². The standard InChI is InChI=1S/C41H48IN3O6/c1-25(2)30-22-31-38(41(50)45(40(31)49)29-14-17-44(18-15-29)23-26-9-5-4-6-10-26)32(24-46)37(30)35(47)13-12-28(34-11-7-8-16-43-34)19-27-20-33(42)39(48)36(21-27)51-3/h4-11,16,19-21,25,29,31-32,35,38,46-48H,12-15,17-18,22-24H2,1-3H3/b28-19-/t31-,32+,35-,38-/m1/s1. The Labute approximate surface area is 314 Å². The zero-order chi connectivity index (χ0) is 36.2. The Balaban J connectivity index is 1.22. The summed E-state index contributed by atoms with van der Waals surface area (Å²) in [6.07, 6.45) is 5.43. The van der Waals surface area contributed by atoms with Crippen LogP contribution in [0.3, 0.4) is 0 Å². The summed E-state index contributed by atoms with van der Waals surface area (Å²) >= 11 is 2.07. The van der Waals surface area contributed by atoms with Gasteiger partial charge < -0.3 is 20.1 Å². The highest BCUT2D eigenvalue weighted by molar-refractivity contribution is 14.1. The van der Waals surface area contributed by atoms with Gasteiger partial charge in [-0.05, 0) is 113 Å². The Morgan fingerprint density at radius 3 is 2.43 bits per heavy atom. The molecule has 0 saturated carbocycles. The van der Waals surface area contributed by atoms with E-state index < -0.39 is 23.9 Å². The summed E-state index contributed by atoms with van der Waals surface area (Å²) in [6.45, 7) is 6.24. The highest BCUT2D eigenvalue weighted by atomic mass is 127. The average Bonchev–Trinajstić information content (AvgIpc) is 3.39. The number of aliphatic hydroxyl groups excluding tert-OH is 2. The molecule has 2 aromatic carbocycles. The molecular weight excluding hydrogens is 757 g/mol. The van der Waals surface area contributed by atoms with Gasteiger partial charge in [-0.15, -0.1) is 0 Å². The molecule has 9 nitrogen and oxygen atoms in total. The van der Waals surface area contributed by atoms with Crippen LogP contribution in [-0.2, 0) is 16.1 Å². The number of rotatable bonds is 12. The predicted molar refractivity (Wildman–Crippen MR) is 205 cm³/mol. The number of halogens is 1. The Morgan fingerprint density at radius 1 is 1.06 bits per heavy atom. The molecule has 10 heteroatoms. The largest absolute Gasteiger partial charge is 0.504 e. The molecule has 3 N–H and O–H groups in total. The predicted octanol–water partition coefficient (Wildman–Crippen LogP) is 6.31. The number of imide groups is 1. The quantitative estimate of drug-likeness (QED) is 0.111. The number of carbonyl (C=O) groups excluding carboxylic acids is 2. The summed E-state index contributed by atoms with van der Waals surface area (Å²) in [5, 5.41) is 33.3. The number of pyridine rings is 1. The molecule has 1 aromatic heterocycles. The number of phenols is 1. The number of piperidine rings is 1. The summed E-state index contributed by atoms with van der Waals surface area (Å²) in [7, 11) is 1.51. The van der Waals surface area contributed by atoms with Gasteiger partial charge >= 0.3 is 0 Å².